The van der Waals surface area contributed by atoms with Gasteiger partial charge in [0.1, 0.15) is 5.75 Å². The van der Waals surface area contributed by atoms with Gasteiger partial charge in [0.05, 0.1) is 11.4 Å². The van der Waals surface area contributed by atoms with Crippen LogP contribution >= 0.6 is 12.4 Å². The number of nitrogens with zero attached hydrogens (tertiary/aromatic N) is 5. The van der Waals surface area contributed by atoms with Crippen LogP contribution in [-0.2, 0) is 6.42 Å². The summed E-state index contributed by atoms with van der Waals surface area (Å²) < 4.78 is 35.6. The number of alkyl halides is 2. The zero-order valence-electron chi connectivity index (χ0n) is 14.9. The summed E-state index contributed by atoms with van der Waals surface area (Å²) in [6.07, 6.45) is 0.624. The highest BCUT2D eigenvalue weighted by atomic mass is 35.5. The van der Waals surface area contributed by atoms with E-state index in [2.05, 4.69) is 30.5 Å². The number of aromatic nitrogens is 5. The minimum Gasteiger partial charge on any atom is -0.435 e. The van der Waals surface area contributed by atoms with Gasteiger partial charge >= 0.3 is 6.61 Å². The van der Waals surface area contributed by atoms with Crippen molar-refractivity contribution in [3.8, 4) is 23.0 Å². The average Bonchev–Trinajstić information content (AvgIpc) is 3.21. The van der Waals surface area contributed by atoms with Crippen molar-refractivity contribution >= 4 is 12.4 Å². The van der Waals surface area contributed by atoms with E-state index in [1.807, 2.05) is 14.0 Å². The highest BCUT2D eigenvalue weighted by Gasteiger charge is 2.19. The number of hydrogen-bond acceptors (Lipinski definition) is 7. The molecule has 1 aromatic carbocycles. The highest BCUT2D eigenvalue weighted by molar-refractivity contribution is 5.85. The van der Waals surface area contributed by atoms with Crippen molar-refractivity contribution in [3.63, 3.8) is 0 Å². The van der Waals surface area contributed by atoms with Crippen LogP contribution in [0.3, 0.4) is 0 Å². The van der Waals surface area contributed by atoms with Crippen molar-refractivity contribution in [1.82, 2.24) is 30.5 Å². The Labute approximate surface area is 160 Å². The summed E-state index contributed by atoms with van der Waals surface area (Å²) >= 11 is 0. The molecule has 0 aliphatic heterocycles. The molecule has 3 rings (SSSR count). The van der Waals surface area contributed by atoms with E-state index in [0.29, 0.717) is 29.3 Å². The van der Waals surface area contributed by atoms with Crippen LogP contribution in [0, 0.1) is 6.92 Å². The van der Waals surface area contributed by atoms with Gasteiger partial charge in [-0.05, 0) is 45.2 Å². The summed E-state index contributed by atoms with van der Waals surface area (Å²) in [4.78, 5) is 4.35. The van der Waals surface area contributed by atoms with Crippen molar-refractivity contribution in [3.05, 3.63) is 35.8 Å². The number of nitrogens with one attached hydrogen (secondary N) is 1. The van der Waals surface area contributed by atoms with Crippen LogP contribution in [0.15, 0.2) is 28.8 Å². The highest BCUT2D eigenvalue weighted by Crippen LogP contribution is 2.23. The lowest BCUT2D eigenvalue weighted by atomic mass is 10.2. The Hall–Kier alpha value is -2.59. The maximum Gasteiger partial charge on any atom is 0.387 e. The molecule has 11 heteroatoms. The topological polar surface area (TPSA) is 90.9 Å². The van der Waals surface area contributed by atoms with Gasteiger partial charge < -0.3 is 14.6 Å². The van der Waals surface area contributed by atoms with Crippen molar-refractivity contribution in [1.29, 1.82) is 0 Å². The summed E-state index contributed by atoms with van der Waals surface area (Å²) in [5, 5.41) is 15.2. The second-order valence-electron chi connectivity index (χ2n) is 5.72. The summed E-state index contributed by atoms with van der Waals surface area (Å²) in [7, 11) is 1.86. The number of hydrogen-bond donors (Lipinski definition) is 1. The third-order valence-corrected chi connectivity index (χ3v) is 3.85. The SMILES string of the molecule is CNC(C)Cc1noc(-c2nnn(-c3ccc(OC(F)F)cc3)c2C)n1.Cl. The zero-order chi connectivity index (χ0) is 18.7. The molecule has 0 bridgehead atoms. The third-order valence-electron chi connectivity index (χ3n) is 3.85. The molecule has 0 spiro atoms. The molecule has 0 aliphatic carbocycles. The van der Waals surface area contributed by atoms with Gasteiger partial charge in [-0.25, -0.2) is 4.68 Å². The first-order valence-electron chi connectivity index (χ1n) is 7.95. The van der Waals surface area contributed by atoms with Crippen LogP contribution < -0.4 is 10.1 Å². The largest absolute Gasteiger partial charge is 0.435 e. The first-order valence-corrected chi connectivity index (χ1v) is 7.95. The Morgan fingerprint density at radius 3 is 2.59 bits per heavy atom. The van der Waals surface area contributed by atoms with E-state index in [1.165, 1.54) is 12.1 Å². The van der Waals surface area contributed by atoms with Crippen LogP contribution in [0.5, 0.6) is 5.75 Å². The molecule has 0 saturated carbocycles. The minimum absolute atomic E-state index is 0. The normalized spacial score (nSPS) is 12.1. The molecule has 2 aromatic heterocycles. The summed E-state index contributed by atoms with van der Waals surface area (Å²) in [6, 6.07) is 6.30. The van der Waals surface area contributed by atoms with Crippen molar-refractivity contribution in [2.75, 3.05) is 7.05 Å². The number of ether oxygens (including phenoxy) is 1. The Morgan fingerprint density at radius 1 is 1.26 bits per heavy atom. The predicted molar refractivity (Wildman–Crippen MR) is 95.5 cm³/mol. The Balaban J connectivity index is 0.00000261. The standard InChI is InChI=1S/C16H18F2N6O2.ClH/c1-9(19-3)8-13-20-15(26-22-13)14-10(2)24(23-21-14)11-4-6-12(7-5-11)25-16(17)18;/h4-7,9,16,19H,8H2,1-3H3;1H. The Bertz CT molecular complexity index is 868. The quantitative estimate of drug-likeness (QED) is 0.652. The molecular weight excluding hydrogens is 382 g/mol. The van der Waals surface area contributed by atoms with Crippen molar-refractivity contribution in [2.24, 2.45) is 0 Å². The number of halogens is 3. The van der Waals surface area contributed by atoms with Gasteiger partial charge in [-0.2, -0.15) is 13.8 Å². The molecule has 0 radical (unpaired) electrons. The molecule has 1 atom stereocenters. The summed E-state index contributed by atoms with van der Waals surface area (Å²) in [5.74, 6) is 0.927. The molecule has 2 heterocycles. The number of likely N-dealkylation sites (N-methyl/N-ethyl adjacent to an activating group) is 1. The van der Waals surface area contributed by atoms with Gasteiger partial charge in [0.15, 0.2) is 11.5 Å². The lowest BCUT2D eigenvalue weighted by molar-refractivity contribution is -0.0498. The van der Waals surface area contributed by atoms with E-state index < -0.39 is 6.61 Å². The fourth-order valence-corrected chi connectivity index (χ4v) is 2.35. The molecule has 0 aliphatic rings. The fraction of sp³-hybridized carbons (Fsp3) is 0.375. The summed E-state index contributed by atoms with van der Waals surface area (Å²) in [6.45, 7) is 0.954. The molecule has 146 valence electrons. The van der Waals surface area contributed by atoms with Crippen LogP contribution in [0.4, 0.5) is 8.78 Å². The smallest absolute Gasteiger partial charge is 0.387 e. The lowest BCUT2D eigenvalue weighted by Crippen LogP contribution is -2.24. The second-order valence-corrected chi connectivity index (χ2v) is 5.72. The van der Waals surface area contributed by atoms with E-state index in [4.69, 9.17) is 4.52 Å². The fourth-order valence-electron chi connectivity index (χ4n) is 2.35. The van der Waals surface area contributed by atoms with Gasteiger partial charge in [0.2, 0.25) is 0 Å². The van der Waals surface area contributed by atoms with E-state index in [1.54, 1.807) is 23.7 Å². The molecule has 8 nitrogen and oxygen atoms in total. The zero-order valence-corrected chi connectivity index (χ0v) is 15.7. The third kappa shape index (κ3) is 4.77. The maximum absolute atomic E-state index is 12.2. The van der Waals surface area contributed by atoms with Gasteiger partial charge in [0, 0.05) is 12.5 Å². The van der Waals surface area contributed by atoms with E-state index in [9.17, 15) is 8.78 Å². The number of rotatable bonds is 7. The van der Waals surface area contributed by atoms with Crippen LogP contribution in [-0.4, -0.2) is 44.8 Å². The maximum atomic E-state index is 12.2. The van der Waals surface area contributed by atoms with Gasteiger partial charge in [-0.1, -0.05) is 10.4 Å². The van der Waals surface area contributed by atoms with E-state index >= 15 is 0 Å². The second kappa shape index (κ2) is 8.87. The number of benzene rings is 1. The molecule has 1 unspecified atom stereocenters. The van der Waals surface area contributed by atoms with Crippen LogP contribution in [0.1, 0.15) is 18.4 Å². The van der Waals surface area contributed by atoms with Crippen LogP contribution in [0.25, 0.3) is 17.3 Å². The Kier molecular flexibility index (Phi) is 6.81. The van der Waals surface area contributed by atoms with Crippen molar-refractivity contribution < 1.29 is 18.0 Å². The average molecular weight is 401 g/mol. The Morgan fingerprint density at radius 2 is 1.96 bits per heavy atom. The first-order chi connectivity index (χ1) is 12.5. The van der Waals surface area contributed by atoms with Gasteiger partial charge in [-0.3, -0.25) is 0 Å². The van der Waals surface area contributed by atoms with Gasteiger partial charge in [0.25, 0.3) is 5.89 Å². The lowest BCUT2D eigenvalue weighted by Gasteiger charge is -2.06. The molecule has 0 fully saturated rings. The van der Waals surface area contributed by atoms with E-state index in [0.717, 1.165) is 0 Å². The van der Waals surface area contributed by atoms with E-state index in [-0.39, 0.29) is 30.1 Å². The molecule has 3 aromatic rings. The molecule has 27 heavy (non-hydrogen) atoms. The van der Waals surface area contributed by atoms with Gasteiger partial charge in [-0.15, -0.1) is 17.5 Å². The van der Waals surface area contributed by atoms with Crippen molar-refractivity contribution in [2.45, 2.75) is 32.9 Å². The molecule has 0 amide bonds. The monoisotopic (exact) mass is 400 g/mol. The minimum atomic E-state index is -2.86. The van der Waals surface area contributed by atoms with Crippen LogP contribution in [0.2, 0.25) is 0 Å². The summed E-state index contributed by atoms with van der Waals surface area (Å²) in [5.41, 5.74) is 1.80. The molecular formula is C16H19ClF2N6O2. The predicted octanol–water partition coefficient (Wildman–Crippen LogP) is 2.80. The first kappa shape index (κ1) is 20.7. The molecule has 0 saturated heterocycles. The molecule has 1 N–H and O–H groups in total.